The van der Waals surface area contributed by atoms with Gasteiger partial charge in [0.25, 0.3) is 0 Å². The number of nitrogens with one attached hydrogen (secondary N) is 1. The summed E-state index contributed by atoms with van der Waals surface area (Å²) in [6.45, 7) is 2.57. The Morgan fingerprint density at radius 3 is 2.62 bits per heavy atom. The van der Waals surface area contributed by atoms with Crippen LogP contribution < -0.4 is 10.1 Å². The lowest BCUT2D eigenvalue weighted by molar-refractivity contribution is 0.0691. The Morgan fingerprint density at radius 1 is 1.29 bits per heavy atom. The minimum Gasteiger partial charge on any atom is -0.493 e. The molecule has 0 spiro atoms. The second-order valence-electron chi connectivity index (χ2n) is 5.95. The summed E-state index contributed by atoms with van der Waals surface area (Å²) in [6, 6.07) is 2.70. The quantitative estimate of drug-likeness (QED) is 0.876. The second-order valence-corrected chi connectivity index (χ2v) is 5.95. The summed E-state index contributed by atoms with van der Waals surface area (Å²) in [5, 5.41) is 12.3. The van der Waals surface area contributed by atoms with Gasteiger partial charge in [-0.1, -0.05) is 0 Å². The summed E-state index contributed by atoms with van der Waals surface area (Å²) in [5.41, 5.74) is 0.592. The predicted octanol–water partition coefficient (Wildman–Crippen LogP) is 2.78. The van der Waals surface area contributed by atoms with E-state index in [1.54, 1.807) is 0 Å². The fourth-order valence-electron chi connectivity index (χ4n) is 2.83. The Balaban J connectivity index is 1.76. The summed E-state index contributed by atoms with van der Waals surface area (Å²) in [4.78, 5) is 11.0. The van der Waals surface area contributed by atoms with E-state index in [9.17, 15) is 9.18 Å². The van der Waals surface area contributed by atoms with Crippen molar-refractivity contribution >= 4 is 5.97 Å². The highest BCUT2D eigenvalue weighted by atomic mass is 19.1. The van der Waals surface area contributed by atoms with E-state index in [1.165, 1.54) is 12.1 Å². The van der Waals surface area contributed by atoms with E-state index >= 15 is 0 Å². The number of hydrogen-bond acceptors (Lipinski definition) is 3. The van der Waals surface area contributed by atoms with E-state index in [2.05, 4.69) is 5.32 Å². The Labute approximate surface area is 123 Å². The van der Waals surface area contributed by atoms with Gasteiger partial charge in [0.05, 0.1) is 12.2 Å². The maximum Gasteiger partial charge on any atom is 0.338 e. The number of ether oxygens (including phenoxy) is 1. The maximum absolute atomic E-state index is 13.9. The highest BCUT2D eigenvalue weighted by Gasteiger charge is 2.29. The Hall–Kier alpha value is -1.62. The van der Waals surface area contributed by atoms with Crippen molar-refractivity contribution < 1.29 is 19.0 Å². The third-order valence-electron chi connectivity index (χ3n) is 4.28. The average Bonchev–Trinajstić information content (AvgIpc) is 3.30. The van der Waals surface area contributed by atoms with E-state index in [0.717, 1.165) is 44.3 Å². The molecule has 1 aromatic carbocycles. The molecule has 0 unspecified atom stereocenters. The molecule has 1 heterocycles. The molecule has 0 radical (unpaired) electrons. The lowest BCUT2D eigenvalue weighted by Crippen LogP contribution is -2.30. The van der Waals surface area contributed by atoms with Crippen LogP contribution in [-0.2, 0) is 0 Å². The summed E-state index contributed by atoms with van der Waals surface area (Å²) in [7, 11) is 0. The summed E-state index contributed by atoms with van der Waals surface area (Å²) in [6.07, 6.45) is 4.17. The predicted molar refractivity (Wildman–Crippen MR) is 76.4 cm³/mol. The maximum atomic E-state index is 13.9. The van der Waals surface area contributed by atoms with Crippen LogP contribution >= 0.6 is 0 Å². The van der Waals surface area contributed by atoms with Crippen molar-refractivity contribution in [3.63, 3.8) is 0 Å². The molecule has 2 aliphatic rings. The van der Waals surface area contributed by atoms with Crippen molar-refractivity contribution in [1.82, 2.24) is 5.32 Å². The van der Waals surface area contributed by atoms with Gasteiger partial charge >= 0.3 is 5.97 Å². The molecule has 1 aliphatic heterocycles. The molecule has 0 bridgehead atoms. The molecule has 3 rings (SSSR count). The van der Waals surface area contributed by atoms with Gasteiger partial charge < -0.3 is 15.2 Å². The fourth-order valence-corrected chi connectivity index (χ4v) is 2.83. The van der Waals surface area contributed by atoms with Crippen molar-refractivity contribution in [1.29, 1.82) is 0 Å². The van der Waals surface area contributed by atoms with Crippen molar-refractivity contribution in [3.05, 3.63) is 29.1 Å². The Bertz CT molecular complexity index is 537. The number of benzene rings is 1. The third kappa shape index (κ3) is 3.35. The molecule has 1 aliphatic carbocycles. The van der Waals surface area contributed by atoms with Crippen molar-refractivity contribution in [2.75, 3.05) is 19.7 Å². The molecule has 4 nitrogen and oxygen atoms in total. The minimum atomic E-state index is -1.22. The zero-order valence-electron chi connectivity index (χ0n) is 11.9. The van der Waals surface area contributed by atoms with Crippen LogP contribution in [0.5, 0.6) is 5.75 Å². The molecule has 1 aromatic rings. The van der Waals surface area contributed by atoms with Crippen LogP contribution in [0.4, 0.5) is 4.39 Å². The summed E-state index contributed by atoms with van der Waals surface area (Å²) < 4.78 is 19.7. The zero-order chi connectivity index (χ0) is 14.8. The monoisotopic (exact) mass is 293 g/mol. The molecule has 5 heteroatoms. The largest absolute Gasteiger partial charge is 0.493 e. The van der Waals surface area contributed by atoms with E-state index in [4.69, 9.17) is 9.84 Å². The smallest absolute Gasteiger partial charge is 0.338 e. The molecule has 0 aromatic heterocycles. The van der Waals surface area contributed by atoms with Crippen LogP contribution in [0, 0.1) is 11.7 Å². The van der Waals surface area contributed by atoms with E-state index in [-0.39, 0.29) is 5.56 Å². The van der Waals surface area contributed by atoms with Crippen LogP contribution in [0.3, 0.4) is 0 Å². The zero-order valence-corrected chi connectivity index (χ0v) is 11.9. The van der Waals surface area contributed by atoms with Gasteiger partial charge in [-0.2, -0.15) is 0 Å². The van der Waals surface area contributed by atoms with Gasteiger partial charge in [0, 0.05) is 6.07 Å². The first kappa shape index (κ1) is 14.3. The molecular weight excluding hydrogens is 273 g/mol. The van der Waals surface area contributed by atoms with Gasteiger partial charge in [0.2, 0.25) is 0 Å². The molecule has 21 heavy (non-hydrogen) atoms. The van der Waals surface area contributed by atoms with Crippen LogP contribution in [-0.4, -0.2) is 30.8 Å². The number of halogens is 1. The van der Waals surface area contributed by atoms with Crippen LogP contribution in [0.1, 0.15) is 47.5 Å². The van der Waals surface area contributed by atoms with Crippen LogP contribution in [0.15, 0.2) is 12.1 Å². The summed E-state index contributed by atoms with van der Waals surface area (Å²) in [5.74, 6) is -0.600. The Kier molecular flexibility index (Phi) is 4.10. The number of carbonyl (C=O) groups is 1. The molecule has 1 saturated carbocycles. The van der Waals surface area contributed by atoms with Crippen molar-refractivity contribution in [3.8, 4) is 5.75 Å². The SMILES string of the molecule is O=C(O)c1cc(C2CC2)c(OCC2CCNCC2)cc1F. The molecule has 2 N–H and O–H groups in total. The first-order chi connectivity index (χ1) is 10.1. The van der Waals surface area contributed by atoms with Crippen LogP contribution in [0.25, 0.3) is 0 Å². The van der Waals surface area contributed by atoms with Crippen molar-refractivity contribution in [2.24, 2.45) is 5.92 Å². The Morgan fingerprint density at radius 2 is 2.00 bits per heavy atom. The molecule has 1 saturated heterocycles. The lowest BCUT2D eigenvalue weighted by Gasteiger charge is -2.23. The highest BCUT2D eigenvalue weighted by Crippen LogP contribution is 2.45. The normalized spacial score (nSPS) is 19.5. The molecule has 0 amide bonds. The standard InChI is InChI=1S/C16H20FNO3/c17-14-8-15(21-9-10-3-5-18-6-4-10)12(11-1-2-11)7-13(14)16(19)20/h7-8,10-11,18H,1-6,9H2,(H,19,20). The average molecular weight is 293 g/mol. The van der Waals surface area contributed by atoms with Gasteiger partial charge in [-0.3, -0.25) is 0 Å². The van der Waals surface area contributed by atoms with Gasteiger partial charge in [-0.25, -0.2) is 9.18 Å². The van der Waals surface area contributed by atoms with Gasteiger partial charge in [-0.05, 0) is 62.2 Å². The number of hydrogen-bond donors (Lipinski definition) is 2. The highest BCUT2D eigenvalue weighted by molar-refractivity contribution is 5.88. The fraction of sp³-hybridized carbons (Fsp3) is 0.562. The first-order valence-electron chi connectivity index (χ1n) is 7.55. The molecule has 0 atom stereocenters. The number of carboxylic acid groups (broad SMARTS) is 1. The number of piperidine rings is 1. The molecule has 2 fully saturated rings. The first-order valence-corrected chi connectivity index (χ1v) is 7.55. The second kappa shape index (κ2) is 6.02. The number of rotatable bonds is 5. The number of carboxylic acids is 1. The molecule has 114 valence electrons. The summed E-state index contributed by atoms with van der Waals surface area (Å²) >= 11 is 0. The van der Waals surface area contributed by atoms with Gasteiger partial charge in [0.15, 0.2) is 0 Å². The third-order valence-corrected chi connectivity index (χ3v) is 4.28. The van der Waals surface area contributed by atoms with E-state index in [1.807, 2.05) is 0 Å². The van der Waals surface area contributed by atoms with Crippen molar-refractivity contribution in [2.45, 2.75) is 31.6 Å². The topological polar surface area (TPSA) is 58.6 Å². The van der Waals surface area contributed by atoms with Crippen LogP contribution in [0.2, 0.25) is 0 Å². The lowest BCUT2D eigenvalue weighted by atomic mass is 9.99. The van der Waals surface area contributed by atoms with E-state index in [0.29, 0.717) is 24.2 Å². The van der Waals surface area contributed by atoms with E-state index < -0.39 is 11.8 Å². The van der Waals surface area contributed by atoms with Gasteiger partial charge in [0.1, 0.15) is 11.6 Å². The number of aromatic carboxylic acids is 1. The van der Waals surface area contributed by atoms with Gasteiger partial charge in [-0.15, -0.1) is 0 Å². The molecular formula is C16H20FNO3. The minimum absolute atomic E-state index is 0.258.